The number of carbonyl (C=O) groups excluding carboxylic acids is 1. The second kappa shape index (κ2) is 7.13. The van der Waals surface area contributed by atoms with Crippen LogP contribution in [0.4, 0.5) is 0 Å². The van der Waals surface area contributed by atoms with E-state index in [1.54, 1.807) is 0 Å². The van der Waals surface area contributed by atoms with Crippen molar-refractivity contribution in [3.8, 4) is 0 Å². The molecule has 104 valence electrons. The van der Waals surface area contributed by atoms with E-state index in [1.165, 1.54) is 71.3 Å². The molecule has 0 saturated heterocycles. The fourth-order valence-electron chi connectivity index (χ4n) is 3.60. The van der Waals surface area contributed by atoms with Gasteiger partial charge in [0.05, 0.1) is 13.7 Å². The summed E-state index contributed by atoms with van der Waals surface area (Å²) < 4.78 is 4.88. The summed E-state index contributed by atoms with van der Waals surface area (Å²) in [6, 6.07) is 1.25. The van der Waals surface area contributed by atoms with Crippen LogP contribution >= 0.6 is 0 Å². The van der Waals surface area contributed by atoms with Crippen molar-refractivity contribution in [3.63, 3.8) is 0 Å². The van der Waals surface area contributed by atoms with Gasteiger partial charge in [0.1, 0.15) is 0 Å². The number of ether oxygens (including phenoxy) is 1. The lowest BCUT2D eigenvalue weighted by molar-refractivity contribution is -0.143. The van der Waals surface area contributed by atoms with Crippen molar-refractivity contribution in [2.24, 2.45) is 0 Å². The molecular weight excluding hydrogens is 226 g/mol. The molecule has 3 nitrogen and oxygen atoms in total. The molecule has 0 aromatic heterocycles. The molecule has 0 amide bonds. The van der Waals surface area contributed by atoms with Gasteiger partial charge in [-0.3, -0.25) is 9.69 Å². The molecule has 0 N–H and O–H groups in total. The van der Waals surface area contributed by atoms with E-state index < -0.39 is 0 Å². The highest BCUT2D eigenvalue weighted by Gasteiger charge is 2.30. The largest absolute Gasteiger partial charge is 0.468 e. The van der Waals surface area contributed by atoms with Gasteiger partial charge in [0, 0.05) is 12.1 Å². The van der Waals surface area contributed by atoms with Crippen LogP contribution in [0.1, 0.15) is 64.2 Å². The highest BCUT2D eigenvalue weighted by Crippen LogP contribution is 2.30. The molecule has 0 aliphatic heterocycles. The predicted molar refractivity (Wildman–Crippen MR) is 72.5 cm³/mol. The van der Waals surface area contributed by atoms with E-state index in [1.807, 2.05) is 0 Å². The second-order valence-electron chi connectivity index (χ2n) is 5.83. The molecule has 2 fully saturated rings. The number of carbonyl (C=O) groups is 1. The molecule has 0 aromatic rings. The molecule has 0 bridgehead atoms. The van der Waals surface area contributed by atoms with Crippen LogP contribution < -0.4 is 0 Å². The Morgan fingerprint density at radius 1 is 0.944 bits per heavy atom. The maximum atomic E-state index is 11.6. The summed E-state index contributed by atoms with van der Waals surface area (Å²) in [5, 5.41) is 0. The number of esters is 1. The molecule has 2 aliphatic rings. The number of methoxy groups -OCH3 is 1. The molecule has 0 heterocycles. The quantitative estimate of drug-likeness (QED) is 0.569. The number of hydrogen-bond acceptors (Lipinski definition) is 3. The normalized spacial score (nSPS) is 23.2. The summed E-state index contributed by atoms with van der Waals surface area (Å²) in [6.45, 7) is 0.506. The summed E-state index contributed by atoms with van der Waals surface area (Å²) in [5.41, 5.74) is 0. The van der Waals surface area contributed by atoms with Crippen LogP contribution in [0.25, 0.3) is 0 Å². The van der Waals surface area contributed by atoms with Gasteiger partial charge in [0.25, 0.3) is 0 Å². The Bertz CT molecular complexity index is 253. The van der Waals surface area contributed by atoms with Crippen LogP contribution in [0, 0.1) is 0 Å². The third kappa shape index (κ3) is 3.71. The van der Waals surface area contributed by atoms with Gasteiger partial charge in [-0.05, 0) is 25.7 Å². The first-order valence-electron chi connectivity index (χ1n) is 7.64. The lowest BCUT2D eigenvalue weighted by Gasteiger charge is -2.35. The van der Waals surface area contributed by atoms with Crippen LogP contribution in [0.15, 0.2) is 0 Å². The Balaban J connectivity index is 1.99. The van der Waals surface area contributed by atoms with Crippen molar-refractivity contribution in [2.75, 3.05) is 13.7 Å². The third-order valence-electron chi connectivity index (χ3n) is 4.63. The van der Waals surface area contributed by atoms with Gasteiger partial charge in [-0.1, -0.05) is 38.5 Å². The smallest absolute Gasteiger partial charge is 0.319 e. The minimum Gasteiger partial charge on any atom is -0.468 e. The molecule has 0 unspecified atom stereocenters. The summed E-state index contributed by atoms with van der Waals surface area (Å²) in [7, 11) is 1.50. The standard InChI is InChI=1S/C15H27NO2/c1-18-15(17)12-16(14-10-6-7-11-14)13-8-4-2-3-5-9-13/h13-14H,2-12H2,1H3. The Morgan fingerprint density at radius 3 is 1.83 bits per heavy atom. The SMILES string of the molecule is COC(=O)CN(C1CCCCCC1)C1CCCC1. The second-order valence-corrected chi connectivity index (χ2v) is 5.83. The molecule has 0 spiro atoms. The lowest BCUT2D eigenvalue weighted by atomic mass is 10.0. The molecule has 2 aliphatic carbocycles. The maximum absolute atomic E-state index is 11.6. The average molecular weight is 253 g/mol. The molecule has 0 atom stereocenters. The highest BCUT2D eigenvalue weighted by atomic mass is 16.5. The first-order chi connectivity index (χ1) is 8.81. The van der Waals surface area contributed by atoms with Crippen LogP contribution in [0.2, 0.25) is 0 Å². The number of hydrogen-bond donors (Lipinski definition) is 0. The van der Waals surface area contributed by atoms with E-state index in [-0.39, 0.29) is 5.97 Å². The zero-order valence-electron chi connectivity index (χ0n) is 11.7. The molecular formula is C15H27NO2. The van der Waals surface area contributed by atoms with Crippen molar-refractivity contribution in [3.05, 3.63) is 0 Å². The zero-order valence-corrected chi connectivity index (χ0v) is 11.7. The molecule has 18 heavy (non-hydrogen) atoms. The molecule has 2 saturated carbocycles. The van der Waals surface area contributed by atoms with Crippen LogP contribution in [0.3, 0.4) is 0 Å². The van der Waals surface area contributed by atoms with Crippen molar-refractivity contribution >= 4 is 5.97 Å². The first kappa shape index (κ1) is 13.9. The summed E-state index contributed by atoms with van der Waals surface area (Å²) in [4.78, 5) is 14.1. The highest BCUT2D eigenvalue weighted by molar-refractivity contribution is 5.71. The van der Waals surface area contributed by atoms with Crippen molar-refractivity contribution in [1.82, 2.24) is 4.90 Å². The monoisotopic (exact) mass is 253 g/mol. The van der Waals surface area contributed by atoms with Gasteiger partial charge < -0.3 is 4.74 Å². The Labute approximate surface area is 111 Å². The molecule has 3 heteroatoms. The lowest BCUT2D eigenvalue weighted by Crippen LogP contribution is -2.45. The summed E-state index contributed by atoms with van der Waals surface area (Å²) in [6.07, 6.45) is 13.1. The van der Waals surface area contributed by atoms with Gasteiger partial charge in [0.2, 0.25) is 0 Å². The van der Waals surface area contributed by atoms with E-state index in [4.69, 9.17) is 4.74 Å². The topological polar surface area (TPSA) is 29.5 Å². The Hall–Kier alpha value is -0.570. The van der Waals surface area contributed by atoms with Crippen molar-refractivity contribution < 1.29 is 9.53 Å². The summed E-state index contributed by atoms with van der Waals surface area (Å²) >= 11 is 0. The van der Waals surface area contributed by atoms with Crippen LogP contribution in [0.5, 0.6) is 0 Å². The average Bonchev–Trinajstić information content (AvgIpc) is 2.78. The number of rotatable bonds is 4. The van der Waals surface area contributed by atoms with E-state index in [2.05, 4.69) is 4.90 Å². The van der Waals surface area contributed by atoms with Gasteiger partial charge in [-0.25, -0.2) is 0 Å². The molecule has 0 radical (unpaired) electrons. The van der Waals surface area contributed by atoms with Gasteiger partial charge in [-0.2, -0.15) is 0 Å². The molecule has 0 aromatic carbocycles. The first-order valence-corrected chi connectivity index (χ1v) is 7.64. The van der Waals surface area contributed by atoms with Crippen LogP contribution in [-0.2, 0) is 9.53 Å². The zero-order chi connectivity index (χ0) is 12.8. The fraction of sp³-hybridized carbons (Fsp3) is 0.933. The van der Waals surface area contributed by atoms with Crippen LogP contribution in [-0.4, -0.2) is 36.6 Å². The molecule has 2 rings (SSSR count). The predicted octanol–water partition coefficient (Wildman–Crippen LogP) is 3.13. The van der Waals surface area contributed by atoms with Gasteiger partial charge in [0.15, 0.2) is 0 Å². The Morgan fingerprint density at radius 2 is 1.39 bits per heavy atom. The van der Waals surface area contributed by atoms with E-state index >= 15 is 0 Å². The van der Waals surface area contributed by atoms with E-state index in [9.17, 15) is 4.79 Å². The minimum atomic E-state index is -0.0638. The van der Waals surface area contributed by atoms with Crippen molar-refractivity contribution in [2.45, 2.75) is 76.3 Å². The number of nitrogens with zero attached hydrogens (tertiary/aromatic N) is 1. The van der Waals surface area contributed by atoms with E-state index in [0.29, 0.717) is 18.6 Å². The maximum Gasteiger partial charge on any atom is 0.319 e. The van der Waals surface area contributed by atoms with E-state index in [0.717, 1.165) is 0 Å². The van der Waals surface area contributed by atoms with Gasteiger partial charge >= 0.3 is 5.97 Å². The summed E-state index contributed by atoms with van der Waals surface area (Å²) in [5.74, 6) is -0.0638. The minimum absolute atomic E-state index is 0.0638. The third-order valence-corrected chi connectivity index (χ3v) is 4.63. The Kier molecular flexibility index (Phi) is 5.48. The van der Waals surface area contributed by atoms with Gasteiger partial charge in [-0.15, -0.1) is 0 Å². The fourth-order valence-corrected chi connectivity index (χ4v) is 3.60. The van der Waals surface area contributed by atoms with Crippen molar-refractivity contribution in [1.29, 1.82) is 0 Å².